The number of unbranched alkanes of at least 4 members (excludes halogenated alkanes) is 3. The fourth-order valence-corrected chi connectivity index (χ4v) is 5.52. The normalized spacial score (nSPS) is 35.4. The lowest BCUT2D eigenvalue weighted by molar-refractivity contribution is -0.332. The smallest absolute Gasteiger partial charge is 0.278 e. The summed E-state index contributed by atoms with van der Waals surface area (Å²) in [5.41, 5.74) is 0. The van der Waals surface area contributed by atoms with Crippen molar-refractivity contribution in [3.8, 4) is 0 Å². The lowest BCUT2D eigenvalue weighted by Gasteiger charge is -2.45. The van der Waals surface area contributed by atoms with E-state index < -0.39 is 55.6 Å². The van der Waals surface area contributed by atoms with Gasteiger partial charge in [-0.3, -0.25) is 0 Å². The third kappa shape index (κ3) is 11.4. The Morgan fingerprint density at radius 3 is 2.31 bits per heavy atom. The maximum Gasteiger partial charge on any atom is 0.278 e. The lowest BCUT2D eigenvalue weighted by Crippen LogP contribution is -2.62. The molecule has 0 aromatic rings. The van der Waals surface area contributed by atoms with Gasteiger partial charge in [0.15, 0.2) is 12.4 Å². The average Bonchev–Trinajstić information content (AvgIpc) is 3.03. The van der Waals surface area contributed by atoms with Crippen molar-refractivity contribution in [2.75, 3.05) is 46.2 Å². The molecule has 3 aliphatic rings. The standard InChI is InChI=1S/C33H58O12/c1-6-10-15-37-21-26-31(45-27-19-24(38-16-11-7-2)30(22(5)42-27)41-17-12-8-3)23(13-18-39-26)43-33-29(36)32(40-14-9-4)28(35)25(20-34)44-33/h9,19,22-26,28-36H,4,6-8,10-18,20-21H2,1-3,5H3. The molecule has 0 amide bonds. The second kappa shape index (κ2) is 20.8. The number of hydrogen-bond donors (Lipinski definition) is 3. The number of aliphatic hydroxyl groups is 3. The van der Waals surface area contributed by atoms with Crippen LogP contribution in [0.2, 0.25) is 0 Å². The number of rotatable bonds is 21. The van der Waals surface area contributed by atoms with Crippen LogP contribution in [0, 0.1) is 0 Å². The van der Waals surface area contributed by atoms with E-state index in [1.165, 1.54) is 6.08 Å². The quantitative estimate of drug-likeness (QED) is 0.125. The van der Waals surface area contributed by atoms with Crippen LogP contribution in [0.15, 0.2) is 24.7 Å². The summed E-state index contributed by atoms with van der Waals surface area (Å²) in [4.78, 5) is 0. The summed E-state index contributed by atoms with van der Waals surface area (Å²) in [5.74, 6) is 0.281. The summed E-state index contributed by atoms with van der Waals surface area (Å²) >= 11 is 0. The second-order valence-electron chi connectivity index (χ2n) is 11.9. The van der Waals surface area contributed by atoms with E-state index in [1.807, 2.05) is 13.0 Å². The minimum atomic E-state index is -1.34. The molecule has 2 saturated heterocycles. The van der Waals surface area contributed by atoms with E-state index in [9.17, 15) is 15.3 Å². The zero-order valence-electron chi connectivity index (χ0n) is 27.6. The molecule has 12 nitrogen and oxygen atoms in total. The predicted octanol–water partition coefficient (Wildman–Crippen LogP) is 3.00. The molecule has 0 bridgehead atoms. The van der Waals surface area contributed by atoms with Gasteiger partial charge >= 0.3 is 0 Å². The minimum Gasteiger partial charge on any atom is -0.460 e. The van der Waals surface area contributed by atoms with E-state index in [-0.39, 0.29) is 37.5 Å². The van der Waals surface area contributed by atoms with Crippen LogP contribution in [0.3, 0.4) is 0 Å². The van der Waals surface area contributed by atoms with Gasteiger partial charge in [-0.05, 0) is 26.2 Å². The fourth-order valence-electron chi connectivity index (χ4n) is 5.52. The Balaban J connectivity index is 1.83. The van der Waals surface area contributed by atoms with E-state index in [0.29, 0.717) is 32.8 Å². The van der Waals surface area contributed by atoms with Crippen LogP contribution in [0.25, 0.3) is 0 Å². The van der Waals surface area contributed by atoms with Crippen molar-refractivity contribution in [2.24, 2.45) is 0 Å². The van der Waals surface area contributed by atoms with Crippen molar-refractivity contribution < 1.29 is 58.0 Å². The van der Waals surface area contributed by atoms with Crippen molar-refractivity contribution in [3.63, 3.8) is 0 Å². The van der Waals surface area contributed by atoms with E-state index in [0.717, 1.165) is 38.5 Å². The molecule has 0 radical (unpaired) electrons. The average molecular weight is 647 g/mol. The largest absolute Gasteiger partial charge is 0.460 e. The topological polar surface area (TPSA) is 144 Å². The van der Waals surface area contributed by atoms with E-state index in [2.05, 4.69) is 27.4 Å². The van der Waals surface area contributed by atoms with E-state index >= 15 is 0 Å². The van der Waals surface area contributed by atoms with Crippen molar-refractivity contribution in [3.05, 3.63) is 24.7 Å². The number of aliphatic hydroxyl groups excluding tert-OH is 3. The highest BCUT2D eigenvalue weighted by Crippen LogP contribution is 2.32. The van der Waals surface area contributed by atoms with Crippen molar-refractivity contribution in [1.29, 1.82) is 0 Å². The first-order valence-corrected chi connectivity index (χ1v) is 16.9. The molecular formula is C33H58O12. The first kappa shape index (κ1) is 38.1. The molecule has 0 aliphatic carbocycles. The molecule has 3 N–H and O–H groups in total. The van der Waals surface area contributed by atoms with Gasteiger partial charge in [0.1, 0.15) is 54.9 Å². The van der Waals surface area contributed by atoms with Crippen LogP contribution in [0.5, 0.6) is 0 Å². The van der Waals surface area contributed by atoms with Crippen molar-refractivity contribution in [1.82, 2.24) is 0 Å². The molecule has 0 aromatic heterocycles. The zero-order valence-corrected chi connectivity index (χ0v) is 27.6. The minimum absolute atomic E-state index is 0.0954. The summed E-state index contributed by atoms with van der Waals surface area (Å²) in [7, 11) is 0. The summed E-state index contributed by atoms with van der Waals surface area (Å²) in [6.45, 7) is 13.9. The Labute approximate surface area is 268 Å². The highest BCUT2D eigenvalue weighted by atomic mass is 16.7. The molecule has 11 atom stereocenters. The fraction of sp³-hybridized carbons (Fsp3) is 0.879. The maximum atomic E-state index is 11.1. The van der Waals surface area contributed by atoms with Crippen LogP contribution in [0.1, 0.15) is 72.6 Å². The molecule has 3 aliphatic heterocycles. The van der Waals surface area contributed by atoms with Gasteiger partial charge in [-0.1, -0.05) is 46.1 Å². The Kier molecular flexibility index (Phi) is 17.6. The third-order valence-electron chi connectivity index (χ3n) is 8.19. The van der Waals surface area contributed by atoms with Crippen LogP contribution < -0.4 is 0 Å². The first-order chi connectivity index (χ1) is 21.9. The van der Waals surface area contributed by atoms with Gasteiger partial charge < -0.3 is 58.0 Å². The third-order valence-corrected chi connectivity index (χ3v) is 8.19. The summed E-state index contributed by atoms with van der Waals surface area (Å²) in [6, 6.07) is 0. The van der Waals surface area contributed by atoms with Crippen molar-refractivity contribution >= 4 is 0 Å². The van der Waals surface area contributed by atoms with Crippen LogP contribution in [-0.2, 0) is 42.6 Å². The van der Waals surface area contributed by atoms with E-state index in [1.54, 1.807) is 0 Å². The number of hydrogen-bond acceptors (Lipinski definition) is 12. The molecule has 3 rings (SSSR count). The van der Waals surface area contributed by atoms with E-state index in [4.69, 9.17) is 42.6 Å². The van der Waals surface area contributed by atoms with Crippen LogP contribution in [-0.4, -0.2) is 129 Å². The van der Waals surface area contributed by atoms with Gasteiger partial charge in [0.25, 0.3) is 5.95 Å². The first-order valence-electron chi connectivity index (χ1n) is 16.9. The molecule has 45 heavy (non-hydrogen) atoms. The van der Waals surface area contributed by atoms with Crippen LogP contribution in [0.4, 0.5) is 0 Å². The summed E-state index contributed by atoms with van der Waals surface area (Å²) < 4.78 is 55.1. The molecule has 0 aromatic carbocycles. The van der Waals surface area contributed by atoms with Gasteiger partial charge in [-0.2, -0.15) is 0 Å². The summed E-state index contributed by atoms with van der Waals surface area (Å²) in [5, 5.41) is 31.6. The molecule has 12 heteroatoms. The lowest BCUT2D eigenvalue weighted by atomic mass is 9.98. The molecule has 262 valence electrons. The predicted molar refractivity (Wildman–Crippen MR) is 165 cm³/mol. The molecule has 2 fully saturated rings. The van der Waals surface area contributed by atoms with Gasteiger partial charge in [-0.25, -0.2) is 0 Å². The SMILES string of the molecule is C=CCOC1C(O)C(CO)OC(OC2CCOC(COCCCC)C2OC2=CC(OCCCC)C(OCCCC)C(C)O2)C1O. The van der Waals surface area contributed by atoms with Crippen molar-refractivity contribution in [2.45, 2.75) is 140 Å². The van der Waals surface area contributed by atoms with Crippen LogP contribution >= 0.6 is 0 Å². The second-order valence-corrected chi connectivity index (χ2v) is 11.9. The maximum absolute atomic E-state index is 11.1. The molecule has 11 unspecified atom stereocenters. The molecule has 3 heterocycles. The van der Waals surface area contributed by atoms with Gasteiger partial charge in [0, 0.05) is 38.9 Å². The Hall–Kier alpha value is -1.32. The molecular weight excluding hydrogens is 588 g/mol. The number of ether oxygens (including phenoxy) is 9. The summed E-state index contributed by atoms with van der Waals surface area (Å²) in [6.07, 6.45) is 0.872. The van der Waals surface area contributed by atoms with Gasteiger partial charge in [0.2, 0.25) is 0 Å². The van der Waals surface area contributed by atoms with Gasteiger partial charge in [-0.15, -0.1) is 6.58 Å². The Bertz CT molecular complexity index is 843. The Morgan fingerprint density at radius 2 is 1.62 bits per heavy atom. The van der Waals surface area contributed by atoms with Gasteiger partial charge in [0.05, 0.1) is 19.8 Å². The highest BCUT2D eigenvalue weighted by Gasteiger charge is 2.49. The Morgan fingerprint density at radius 1 is 0.911 bits per heavy atom. The monoisotopic (exact) mass is 646 g/mol. The highest BCUT2D eigenvalue weighted by molar-refractivity contribution is 5.04. The molecule has 0 spiro atoms. The zero-order chi connectivity index (χ0) is 32.6. The molecule has 0 saturated carbocycles.